The number of hydrogen-bond donors (Lipinski definition) is 1. The van der Waals surface area contributed by atoms with E-state index in [0.717, 1.165) is 26.0 Å². The summed E-state index contributed by atoms with van der Waals surface area (Å²) in [5.74, 6) is 0. The standard InChI is InChI=1S/C14H30N2O/c1-4-11-17-13-7-5-9-16(12-13)10-6-8-14(2,3)15/h13H,4-12,15H2,1-3H3. The van der Waals surface area contributed by atoms with Crippen LogP contribution >= 0.6 is 0 Å². The zero-order valence-electron chi connectivity index (χ0n) is 11.9. The summed E-state index contributed by atoms with van der Waals surface area (Å²) in [6, 6.07) is 0. The second-order valence-corrected chi connectivity index (χ2v) is 6.03. The van der Waals surface area contributed by atoms with Gasteiger partial charge in [-0.2, -0.15) is 0 Å². The van der Waals surface area contributed by atoms with Crippen LogP contribution in [0.25, 0.3) is 0 Å². The molecule has 0 bridgehead atoms. The van der Waals surface area contributed by atoms with Crippen molar-refractivity contribution >= 4 is 0 Å². The van der Waals surface area contributed by atoms with Crippen LogP contribution in [0.4, 0.5) is 0 Å². The van der Waals surface area contributed by atoms with Crippen LogP contribution in [-0.2, 0) is 4.74 Å². The molecule has 0 spiro atoms. The highest BCUT2D eigenvalue weighted by molar-refractivity contribution is 4.76. The van der Waals surface area contributed by atoms with E-state index in [9.17, 15) is 0 Å². The molecular formula is C14H30N2O. The summed E-state index contributed by atoms with van der Waals surface area (Å²) in [5.41, 5.74) is 5.98. The van der Waals surface area contributed by atoms with Crippen LogP contribution < -0.4 is 5.73 Å². The average Bonchev–Trinajstić information content (AvgIpc) is 2.25. The van der Waals surface area contributed by atoms with Gasteiger partial charge in [0.05, 0.1) is 6.10 Å². The third kappa shape index (κ3) is 7.02. The van der Waals surface area contributed by atoms with Crippen LogP contribution in [0.3, 0.4) is 0 Å². The van der Waals surface area contributed by atoms with Crippen molar-refractivity contribution in [3.8, 4) is 0 Å². The highest BCUT2D eigenvalue weighted by Gasteiger charge is 2.20. The Hall–Kier alpha value is -0.120. The molecule has 1 unspecified atom stereocenters. The topological polar surface area (TPSA) is 38.5 Å². The van der Waals surface area contributed by atoms with Gasteiger partial charge in [-0.3, -0.25) is 0 Å². The molecule has 1 heterocycles. The van der Waals surface area contributed by atoms with E-state index in [1.165, 1.54) is 32.4 Å². The van der Waals surface area contributed by atoms with Crippen LogP contribution in [0.2, 0.25) is 0 Å². The highest BCUT2D eigenvalue weighted by Crippen LogP contribution is 2.15. The van der Waals surface area contributed by atoms with Gasteiger partial charge in [-0.25, -0.2) is 0 Å². The largest absolute Gasteiger partial charge is 0.377 e. The van der Waals surface area contributed by atoms with Crippen molar-refractivity contribution in [2.24, 2.45) is 5.73 Å². The predicted octanol–water partition coefficient (Wildman–Crippen LogP) is 2.39. The third-order valence-electron chi connectivity index (χ3n) is 3.32. The molecular weight excluding hydrogens is 212 g/mol. The first-order valence-corrected chi connectivity index (χ1v) is 7.14. The Morgan fingerprint density at radius 2 is 2.18 bits per heavy atom. The molecule has 0 amide bonds. The first kappa shape index (κ1) is 14.9. The first-order chi connectivity index (χ1) is 8.01. The molecule has 3 heteroatoms. The van der Waals surface area contributed by atoms with E-state index >= 15 is 0 Å². The van der Waals surface area contributed by atoms with Gasteiger partial charge >= 0.3 is 0 Å². The van der Waals surface area contributed by atoms with E-state index < -0.39 is 0 Å². The van der Waals surface area contributed by atoms with Crippen LogP contribution in [0.5, 0.6) is 0 Å². The molecule has 0 aromatic rings. The van der Waals surface area contributed by atoms with E-state index in [1.807, 2.05) is 0 Å². The molecule has 1 rings (SSSR count). The summed E-state index contributed by atoms with van der Waals surface area (Å²) in [5, 5.41) is 0. The summed E-state index contributed by atoms with van der Waals surface area (Å²) < 4.78 is 5.84. The van der Waals surface area contributed by atoms with E-state index in [2.05, 4.69) is 25.7 Å². The summed E-state index contributed by atoms with van der Waals surface area (Å²) in [6.45, 7) is 10.8. The minimum Gasteiger partial charge on any atom is -0.377 e. The number of piperidine rings is 1. The van der Waals surface area contributed by atoms with Crippen LogP contribution in [0, 0.1) is 0 Å². The van der Waals surface area contributed by atoms with Gasteiger partial charge in [-0.1, -0.05) is 6.92 Å². The van der Waals surface area contributed by atoms with Crippen molar-refractivity contribution in [2.45, 2.75) is 64.5 Å². The average molecular weight is 242 g/mol. The molecule has 1 aliphatic heterocycles. The van der Waals surface area contributed by atoms with E-state index in [1.54, 1.807) is 0 Å². The molecule has 0 saturated carbocycles. The van der Waals surface area contributed by atoms with Crippen LogP contribution in [0.15, 0.2) is 0 Å². The lowest BCUT2D eigenvalue weighted by molar-refractivity contribution is -0.000580. The Bertz CT molecular complexity index is 201. The summed E-state index contributed by atoms with van der Waals surface area (Å²) in [6.07, 6.45) is 6.40. The number of nitrogens with zero attached hydrogens (tertiary/aromatic N) is 1. The van der Waals surface area contributed by atoms with Crippen molar-refractivity contribution < 1.29 is 4.74 Å². The SMILES string of the molecule is CCCOC1CCCN(CCCC(C)(C)N)C1. The van der Waals surface area contributed by atoms with Gasteiger partial charge in [0.2, 0.25) is 0 Å². The van der Waals surface area contributed by atoms with E-state index in [-0.39, 0.29) is 5.54 Å². The molecule has 1 atom stereocenters. The first-order valence-electron chi connectivity index (χ1n) is 7.14. The Morgan fingerprint density at radius 1 is 1.41 bits per heavy atom. The Morgan fingerprint density at radius 3 is 2.82 bits per heavy atom. The smallest absolute Gasteiger partial charge is 0.0702 e. The highest BCUT2D eigenvalue weighted by atomic mass is 16.5. The lowest BCUT2D eigenvalue weighted by Gasteiger charge is -2.33. The molecule has 0 aliphatic carbocycles. The second-order valence-electron chi connectivity index (χ2n) is 6.03. The number of nitrogens with two attached hydrogens (primary N) is 1. The maximum atomic E-state index is 6.00. The third-order valence-corrected chi connectivity index (χ3v) is 3.32. The molecule has 102 valence electrons. The van der Waals surface area contributed by atoms with Gasteiger partial charge in [0.15, 0.2) is 0 Å². The molecule has 1 fully saturated rings. The van der Waals surface area contributed by atoms with Crippen molar-refractivity contribution in [1.29, 1.82) is 0 Å². The number of rotatable bonds is 7. The van der Waals surface area contributed by atoms with Gasteiger partial charge in [-0.15, -0.1) is 0 Å². The lowest BCUT2D eigenvalue weighted by atomic mass is 9.99. The molecule has 2 N–H and O–H groups in total. The van der Waals surface area contributed by atoms with Gasteiger partial charge < -0.3 is 15.4 Å². The molecule has 0 aromatic carbocycles. The molecule has 1 aliphatic rings. The van der Waals surface area contributed by atoms with Gasteiger partial charge in [0.1, 0.15) is 0 Å². The molecule has 1 saturated heterocycles. The van der Waals surface area contributed by atoms with Crippen LogP contribution in [0.1, 0.15) is 52.9 Å². The normalized spacial score (nSPS) is 22.9. The maximum Gasteiger partial charge on any atom is 0.0702 e. The van der Waals surface area contributed by atoms with Gasteiger partial charge in [-0.05, 0) is 59.0 Å². The second kappa shape index (κ2) is 7.34. The summed E-state index contributed by atoms with van der Waals surface area (Å²) in [4.78, 5) is 2.54. The van der Waals surface area contributed by atoms with Crippen molar-refractivity contribution in [1.82, 2.24) is 4.90 Å². The Balaban J connectivity index is 2.16. The Labute approximate surface area is 107 Å². The number of hydrogen-bond acceptors (Lipinski definition) is 3. The molecule has 0 aromatic heterocycles. The fourth-order valence-corrected chi connectivity index (χ4v) is 2.40. The fourth-order valence-electron chi connectivity index (χ4n) is 2.40. The summed E-state index contributed by atoms with van der Waals surface area (Å²) in [7, 11) is 0. The molecule has 17 heavy (non-hydrogen) atoms. The number of ether oxygens (including phenoxy) is 1. The van der Waals surface area contributed by atoms with E-state index in [0.29, 0.717) is 6.10 Å². The number of likely N-dealkylation sites (tertiary alicyclic amines) is 1. The van der Waals surface area contributed by atoms with Gasteiger partial charge in [0.25, 0.3) is 0 Å². The minimum absolute atomic E-state index is 0.0199. The lowest BCUT2D eigenvalue weighted by Crippen LogP contribution is -2.41. The fraction of sp³-hybridized carbons (Fsp3) is 1.00. The van der Waals surface area contributed by atoms with Crippen molar-refractivity contribution in [3.63, 3.8) is 0 Å². The van der Waals surface area contributed by atoms with Crippen LogP contribution in [-0.4, -0.2) is 42.8 Å². The molecule has 3 nitrogen and oxygen atoms in total. The monoisotopic (exact) mass is 242 g/mol. The van der Waals surface area contributed by atoms with Gasteiger partial charge in [0, 0.05) is 18.7 Å². The zero-order valence-corrected chi connectivity index (χ0v) is 11.9. The van der Waals surface area contributed by atoms with E-state index in [4.69, 9.17) is 10.5 Å². The zero-order chi connectivity index (χ0) is 12.7. The Kier molecular flexibility index (Phi) is 6.45. The van der Waals surface area contributed by atoms with Crippen molar-refractivity contribution in [2.75, 3.05) is 26.2 Å². The maximum absolute atomic E-state index is 6.00. The minimum atomic E-state index is -0.0199. The quantitative estimate of drug-likeness (QED) is 0.745. The van der Waals surface area contributed by atoms with Crippen molar-refractivity contribution in [3.05, 3.63) is 0 Å². The molecule has 0 radical (unpaired) electrons. The summed E-state index contributed by atoms with van der Waals surface area (Å²) >= 11 is 0. The predicted molar refractivity (Wildman–Crippen MR) is 73.2 cm³/mol.